The molecule has 3 aromatic rings. The van der Waals surface area contributed by atoms with E-state index in [-0.39, 0.29) is 15.0 Å². The van der Waals surface area contributed by atoms with E-state index in [4.69, 9.17) is 0 Å². The van der Waals surface area contributed by atoms with Crippen LogP contribution in [0.2, 0.25) is 0 Å². The van der Waals surface area contributed by atoms with E-state index < -0.39 is 26.0 Å². The fourth-order valence-corrected chi connectivity index (χ4v) is 5.54. The SMILES string of the molecule is CS(=O)(=O)c1cc([N+](=O)[O-])c2sc(N3CCCN(Cc4ccccc4)CC3)nc(=O)c2c1. The highest BCUT2D eigenvalue weighted by Crippen LogP contribution is 2.34. The first-order valence-corrected chi connectivity index (χ1v) is 12.8. The van der Waals surface area contributed by atoms with Crippen LogP contribution in [0.25, 0.3) is 10.1 Å². The van der Waals surface area contributed by atoms with Crippen molar-refractivity contribution in [3.8, 4) is 0 Å². The van der Waals surface area contributed by atoms with Gasteiger partial charge in [0.2, 0.25) is 0 Å². The smallest absolute Gasteiger partial charge is 0.288 e. The van der Waals surface area contributed by atoms with Crippen molar-refractivity contribution in [2.24, 2.45) is 0 Å². The highest BCUT2D eigenvalue weighted by atomic mass is 32.2. The molecule has 11 heteroatoms. The van der Waals surface area contributed by atoms with E-state index in [2.05, 4.69) is 22.0 Å². The molecule has 32 heavy (non-hydrogen) atoms. The molecule has 4 rings (SSSR count). The number of hydrogen-bond acceptors (Lipinski definition) is 9. The average molecular weight is 475 g/mol. The van der Waals surface area contributed by atoms with Gasteiger partial charge in [0, 0.05) is 45.0 Å². The number of nitro groups is 1. The first kappa shape index (κ1) is 22.3. The summed E-state index contributed by atoms with van der Waals surface area (Å²) in [5, 5.41) is 12.0. The van der Waals surface area contributed by atoms with Crippen LogP contribution in [-0.2, 0) is 16.4 Å². The molecule has 1 aromatic heterocycles. The van der Waals surface area contributed by atoms with Crippen molar-refractivity contribution < 1.29 is 13.3 Å². The Morgan fingerprint density at radius 3 is 2.56 bits per heavy atom. The van der Waals surface area contributed by atoms with Crippen molar-refractivity contribution in [3.05, 3.63) is 68.5 Å². The Morgan fingerprint density at radius 1 is 1.12 bits per heavy atom. The van der Waals surface area contributed by atoms with Crippen LogP contribution in [0.4, 0.5) is 10.8 Å². The minimum Gasteiger partial charge on any atom is -0.347 e. The molecule has 9 nitrogen and oxygen atoms in total. The summed E-state index contributed by atoms with van der Waals surface area (Å²) in [6, 6.07) is 12.4. The van der Waals surface area contributed by atoms with Gasteiger partial charge in [-0.3, -0.25) is 19.8 Å². The monoisotopic (exact) mass is 474 g/mol. The van der Waals surface area contributed by atoms with Crippen LogP contribution in [0, 0.1) is 10.1 Å². The van der Waals surface area contributed by atoms with E-state index >= 15 is 0 Å². The fraction of sp³-hybridized carbons (Fsp3) is 0.333. The Hall–Kier alpha value is -2.89. The molecule has 0 saturated carbocycles. The van der Waals surface area contributed by atoms with Gasteiger partial charge in [-0.2, -0.15) is 4.98 Å². The first-order valence-electron chi connectivity index (χ1n) is 10.1. The summed E-state index contributed by atoms with van der Waals surface area (Å²) in [6.07, 6.45) is 1.81. The molecule has 1 fully saturated rings. The fourth-order valence-electron chi connectivity index (χ4n) is 3.76. The normalized spacial score (nSPS) is 15.6. The predicted molar refractivity (Wildman–Crippen MR) is 124 cm³/mol. The maximum Gasteiger partial charge on any atom is 0.288 e. The van der Waals surface area contributed by atoms with Crippen LogP contribution < -0.4 is 10.5 Å². The van der Waals surface area contributed by atoms with E-state index in [0.717, 1.165) is 49.7 Å². The Bertz CT molecular complexity index is 1330. The molecule has 1 saturated heterocycles. The van der Waals surface area contributed by atoms with Gasteiger partial charge >= 0.3 is 0 Å². The van der Waals surface area contributed by atoms with Crippen molar-refractivity contribution in [1.82, 2.24) is 9.88 Å². The molecule has 0 amide bonds. The molecule has 1 aliphatic rings. The van der Waals surface area contributed by atoms with Crippen molar-refractivity contribution >= 4 is 42.1 Å². The summed E-state index contributed by atoms with van der Waals surface area (Å²) >= 11 is 1.06. The molecular formula is C21H22N4O5S2. The third-order valence-electron chi connectivity index (χ3n) is 5.40. The van der Waals surface area contributed by atoms with Crippen molar-refractivity contribution in [1.29, 1.82) is 0 Å². The van der Waals surface area contributed by atoms with Gasteiger partial charge in [0.15, 0.2) is 15.0 Å². The highest BCUT2D eigenvalue weighted by molar-refractivity contribution is 7.90. The summed E-state index contributed by atoms with van der Waals surface area (Å²) in [5.74, 6) is 0. The summed E-state index contributed by atoms with van der Waals surface area (Å²) in [4.78, 5) is 31.9. The van der Waals surface area contributed by atoms with E-state index in [1.807, 2.05) is 23.1 Å². The average Bonchev–Trinajstić information content (AvgIpc) is 2.98. The second kappa shape index (κ2) is 8.93. The minimum atomic E-state index is -3.72. The Kier molecular flexibility index (Phi) is 6.22. The van der Waals surface area contributed by atoms with Crippen molar-refractivity contribution in [3.63, 3.8) is 0 Å². The zero-order chi connectivity index (χ0) is 22.9. The number of rotatable bonds is 5. The lowest BCUT2D eigenvalue weighted by molar-refractivity contribution is -0.383. The molecule has 0 aliphatic carbocycles. The first-order chi connectivity index (χ1) is 15.2. The molecule has 0 unspecified atom stereocenters. The molecule has 0 bridgehead atoms. The molecule has 0 radical (unpaired) electrons. The summed E-state index contributed by atoms with van der Waals surface area (Å²) < 4.78 is 24.0. The number of fused-ring (bicyclic) bond motifs is 1. The molecule has 168 valence electrons. The van der Waals surface area contributed by atoms with Crippen LogP contribution in [-0.4, -0.2) is 55.7 Å². The number of hydrogen-bond donors (Lipinski definition) is 0. The van der Waals surface area contributed by atoms with E-state index in [9.17, 15) is 23.3 Å². The van der Waals surface area contributed by atoms with E-state index in [0.29, 0.717) is 18.2 Å². The van der Waals surface area contributed by atoms with Crippen molar-refractivity contribution in [2.75, 3.05) is 37.3 Å². The number of benzene rings is 2. The predicted octanol–water partition coefficient (Wildman–Crippen LogP) is 2.68. The lowest BCUT2D eigenvalue weighted by Gasteiger charge is -2.22. The molecule has 0 atom stereocenters. The highest BCUT2D eigenvalue weighted by Gasteiger charge is 2.24. The van der Waals surface area contributed by atoms with Gasteiger partial charge < -0.3 is 4.90 Å². The van der Waals surface area contributed by atoms with Crippen LogP contribution in [0.5, 0.6) is 0 Å². The molecule has 1 aliphatic heterocycles. The molecule has 0 spiro atoms. The largest absolute Gasteiger partial charge is 0.347 e. The quantitative estimate of drug-likeness (QED) is 0.410. The maximum atomic E-state index is 12.7. The zero-order valence-corrected chi connectivity index (χ0v) is 19.1. The van der Waals surface area contributed by atoms with Gasteiger partial charge in [-0.25, -0.2) is 8.42 Å². The standard InChI is InChI=1S/C21H22N4O5S2/c1-32(29,30)16-12-17-19(18(13-16)25(27)28)31-21(22-20(17)26)24-9-5-8-23(10-11-24)14-15-6-3-2-4-7-15/h2-4,6-7,12-13H,5,8-11,14H2,1H3. The third kappa shape index (κ3) is 4.79. The minimum absolute atomic E-state index is 0.0473. The van der Waals surface area contributed by atoms with Crippen LogP contribution in [0.3, 0.4) is 0 Å². The van der Waals surface area contributed by atoms with Crippen LogP contribution in [0.1, 0.15) is 12.0 Å². The second-order valence-corrected chi connectivity index (χ2v) is 10.7. The summed E-state index contributed by atoms with van der Waals surface area (Å²) in [6.45, 7) is 3.80. The van der Waals surface area contributed by atoms with Gasteiger partial charge in [0.05, 0.1) is 15.2 Å². The van der Waals surface area contributed by atoms with E-state index in [1.165, 1.54) is 11.6 Å². The number of sulfone groups is 1. The molecule has 2 heterocycles. The number of aromatic nitrogens is 1. The molecular weight excluding hydrogens is 452 g/mol. The Balaban J connectivity index is 1.65. The van der Waals surface area contributed by atoms with Crippen LogP contribution in [0.15, 0.2) is 52.2 Å². The van der Waals surface area contributed by atoms with E-state index in [1.54, 1.807) is 0 Å². The lowest BCUT2D eigenvalue weighted by Crippen LogP contribution is -2.31. The Morgan fingerprint density at radius 2 is 1.88 bits per heavy atom. The van der Waals surface area contributed by atoms with Gasteiger partial charge in [-0.15, -0.1) is 0 Å². The lowest BCUT2D eigenvalue weighted by atomic mass is 10.2. The third-order valence-corrected chi connectivity index (χ3v) is 7.65. The van der Waals surface area contributed by atoms with Crippen molar-refractivity contribution in [2.45, 2.75) is 17.9 Å². The van der Waals surface area contributed by atoms with Gasteiger partial charge in [-0.1, -0.05) is 41.7 Å². The number of non-ortho nitro benzene ring substituents is 1. The Labute approximate surface area is 189 Å². The summed E-state index contributed by atoms with van der Waals surface area (Å²) in [5.41, 5.74) is 0.175. The van der Waals surface area contributed by atoms with Gasteiger partial charge in [-0.05, 0) is 18.1 Å². The summed E-state index contributed by atoms with van der Waals surface area (Å²) in [7, 11) is -3.72. The topological polar surface area (TPSA) is 114 Å². The van der Waals surface area contributed by atoms with Gasteiger partial charge in [0.25, 0.3) is 11.2 Å². The van der Waals surface area contributed by atoms with Gasteiger partial charge in [0.1, 0.15) is 4.70 Å². The molecule has 2 aromatic carbocycles. The maximum absolute atomic E-state index is 12.7. The second-order valence-electron chi connectivity index (χ2n) is 7.75. The van der Waals surface area contributed by atoms with Crippen LogP contribution >= 0.6 is 11.3 Å². The number of anilines is 1. The zero-order valence-electron chi connectivity index (χ0n) is 17.4. The number of nitrogens with zero attached hydrogens (tertiary/aromatic N) is 4. The number of nitro benzene ring substituents is 1. The molecule has 0 N–H and O–H groups in total.